The van der Waals surface area contributed by atoms with Crippen LogP contribution in [-0.4, -0.2) is 11.2 Å². The zero-order valence-electron chi connectivity index (χ0n) is 15.0. The average molecular weight is 327 g/mol. The smallest absolute Gasteiger partial charge is 0.0599 e. The highest BCUT2D eigenvalue weighted by molar-refractivity contribution is 5.19. The molecule has 12 unspecified atom stereocenters. The zero-order chi connectivity index (χ0) is 15.6. The van der Waals surface area contributed by atoms with Crippen molar-refractivity contribution in [1.29, 1.82) is 0 Å². The molecule has 0 heterocycles. The van der Waals surface area contributed by atoms with E-state index >= 15 is 0 Å². The molecule has 7 fully saturated rings. The van der Waals surface area contributed by atoms with E-state index in [1.165, 1.54) is 67.6 Å². The van der Waals surface area contributed by atoms with Crippen LogP contribution < -0.4 is 0 Å². The second kappa shape index (κ2) is 4.62. The van der Waals surface area contributed by atoms with Crippen LogP contribution in [0.15, 0.2) is 0 Å². The van der Waals surface area contributed by atoms with Gasteiger partial charge in [-0.3, -0.25) is 0 Å². The fourth-order valence-electron chi connectivity index (χ4n) is 9.73. The quantitative estimate of drug-likeness (QED) is 0.791. The molecule has 7 saturated carbocycles. The van der Waals surface area contributed by atoms with Crippen molar-refractivity contribution >= 4 is 0 Å². The first-order chi connectivity index (χ1) is 11.8. The van der Waals surface area contributed by atoms with Crippen molar-refractivity contribution in [3.05, 3.63) is 0 Å². The van der Waals surface area contributed by atoms with E-state index in [4.69, 9.17) is 0 Å². The zero-order valence-corrected chi connectivity index (χ0v) is 15.0. The molecule has 24 heavy (non-hydrogen) atoms. The van der Waals surface area contributed by atoms with E-state index in [-0.39, 0.29) is 6.10 Å². The van der Waals surface area contributed by atoms with E-state index in [0.717, 1.165) is 23.7 Å². The molecule has 0 aromatic carbocycles. The highest BCUT2D eigenvalue weighted by Crippen LogP contribution is 2.77. The lowest BCUT2D eigenvalue weighted by atomic mass is 9.48. The van der Waals surface area contributed by atoms with Crippen LogP contribution in [0.5, 0.6) is 0 Å². The van der Waals surface area contributed by atoms with Crippen LogP contribution in [0.25, 0.3) is 0 Å². The largest absolute Gasteiger partial charge is 0.393 e. The molecule has 7 rings (SSSR count). The summed E-state index contributed by atoms with van der Waals surface area (Å²) < 4.78 is 0. The van der Waals surface area contributed by atoms with Gasteiger partial charge >= 0.3 is 0 Å². The van der Waals surface area contributed by atoms with Crippen LogP contribution in [0.2, 0.25) is 0 Å². The molecule has 7 aliphatic rings. The summed E-state index contributed by atoms with van der Waals surface area (Å²) in [6.07, 6.45) is 15.1. The normalized spacial score (nSPS) is 65.4. The molecule has 1 heteroatoms. The van der Waals surface area contributed by atoms with Crippen LogP contribution in [0.1, 0.15) is 64.2 Å². The van der Waals surface area contributed by atoms with Crippen LogP contribution in [0.4, 0.5) is 0 Å². The van der Waals surface area contributed by atoms with Crippen molar-refractivity contribution < 1.29 is 5.11 Å². The molecule has 0 amide bonds. The van der Waals surface area contributed by atoms with E-state index in [0.29, 0.717) is 11.8 Å². The molecular weight excluding hydrogens is 292 g/mol. The fraction of sp³-hybridized carbons (Fsp3) is 1.00. The molecule has 4 bridgehead atoms. The third-order valence-corrected chi connectivity index (χ3v) is 10.9. The molecule has 0 saturated heterocycles. The molecular formula is C23H34O. The van der Waals surface area contributed by atoms with Gasteiger partial charge in [0.15, 0.2) is 0 Å². The van der Waals surface area contributed by atoms with Crippen molar-refractivity contribution in [3.8, 4) is 0 Å². The topological polar surface area (TPSA) is 20.2 Å². The van der Waals surface area contributed by atoms with Gasteiger partial charge in [-0.1, -0.05) is 0 Å². The van der Waals surface area contributed by atoms with E-state index in [1.807, 2.05) is 0 Å². The summed E-state index contributed by atoms with van der Waals surface area (Å²) in [4.78, 5) is 0. The van der Waals surface area contributed by atoms with Crippen LogP contribution >= 0.6 is 0 Å². The second-order valence-corrected chi connectivity index (χ2v) is 11.3. The van der Waals surface area contributed by atoms with Gasteiger partial charge in [0.05, 0.1) is 6.10 Å². The Balaban J connectivity index is 1.05. The van der Waals surface area contributed by atoms with Crippen molar-refractivity contribution in [1.82, 2.24) is 0 Å². The van der Waals surface area contributed by atoms with Crippen molar-refractivity contribution in [3.63, 3.8) is 0 Å². The number of hydrogen-bond donors (Lipinski definition) is 1. The van der Waals surface area contributed by atoms with Gasteiger partial charge in [0.25, 0.3) is 0 Å². The first kappa shape index (κ1) is 14.1. The van der Waals surface area contributed by atoms with Crippen molar-refractivity contribution in [2.24, 2.45) is 71.0 Å². The second-order valence-electron chi connectivity index (χ2n) is 11.3. The summed E-state index contributed by atoms with van der Waals surface area (Å²) in [5.41, 5.74) is 0. The van der Waals surface area contributed by atoms with Gasteiger partial charge in [-0.05, 0) is 135 Å². The first-order valence-corrected chi connectivity index (χ1v) is 11.5. The summed E-state index contributed by atoms with van der Waals surface area (Å²) in [6.45, 7) is 0. The molecule has 0 spiro atoms. The maximum Gasteiger partial charge on any atom is 0.0599 e. The third-order valence-electron chi connectivity index (χ3n) is 10.9. The van der Waals surface area contributed by atoms with Gasteiger partial charge in [-0.15, -0.1) is 0 Å². The lowest BCUT2D eigenvalue weighted by Gasteiger charge is -2.56. The molecule has 0 aliphatic heterocycles. The Morgan fingerprint density at radius 2 is 1.25 bits per heavy atom. The number of fused-ring (bicyclic) bond motifs is 5. The molecule has 1 N–H and O–H groups in total. The van der Waals surface area contributed by atoms with Gasteiger partial charge in [0.2, 0.25) is 0 Å². The Labute approximate surface area is 147 Å². The standard InChI is InChI=1S/C23H34O/c24-23-13(9-17(23)11-1-2-11)4-3-12-5-6-16-18-10-19-21(18)14-7-8-15(14)22(19)20(12)16/h11-24H,1-10H2. The van der Waals surface area contributed by atoms with E-state index in [9.17, 15) is 5.11 Å². The van der Waals surface area contributed by atoms with Gasteiger partial charge in [0.1, 0.15) is 0 Å². The summed E-state index contributed by atoms with van der Waals surface area (Å²) in [7, 11) is 0. The number of aliphatic hydroxyl groups is 1. The number of rotatable bonds is 4. The predicted octanol–water partition coefficient (Wildman–Crippen LogP) is 4.74. The van der Waals surface area contributed by atoms with Gasteiger partial charge in [-0.25, -0.2) is 0 Å². The fourth-order valence-corrected chi connectivity index (χ4v) is 9.73. The van der Waals surface area contributed by atoms with Crippen LogP contribution in [0.3, 0.4) is 0 Å². The Hall–Kier alpha value is -0.0400. The lowest BCUT2D eigenvalue weighted by molar-refractivity contribution is -0.0901. The number of hydrogen-bond acceptors (Lipinski definition) is 1. The minimum atomic E-state index is 0.0846. The minimum absolute atomic E-state index is 0.0846. The van der Waals surface area contributed by atoms with Crippen LogP contribution in [-0.2, 0) is 0 Å². The molecule has 0 radical (unpaired) electrons. The van der Waals surface area contributed by atoms with E-state index < -0.39 is 0 Å². The van der Waals surface area contributed by atoms with E-state index in [2.05, 4.69) is 0 Å². The lowest BCUT2D eigenvalue weighted by Crippen LogP contribution is -2.51. The SMILES string of the molecule is OC1C(CCC2CCC3C4CC5C4C4CCC4C5C23)CC1C1CC1. The van der Waals surface area contributed by atoms with Gasteiger partial charge in [-0.2, -0.15) is 0 Å². The molecule has 12 atom stereocenters. The van der Waals surface area contributed by atoms with Gasteiger partial charge in [0, 0.05) is 0 Å². The maximum absolute atomic E-state index is 10.5. The summed E-state index contributed by atoms with van der Waals surface area (Å²) in [5.74, 6) is 12.7. The van der Waals surface area contributed by atoms with Crippen molar-refractivity contribution in [2.75, 3.05) is 0 Å². The minimum Gasteiger partial charge on any atom is -0.393 e. The Kier molecular flexibility index (Phi) is 2.71. The van der Waals surface area contributed by atoms with Crippen molar-refractivity contribution in [2.45, 2.75) is 70.3 Å². The highest BCUT2D eigenvalue weighted by atomic mass is 16.3. The molecule has 7 aliphatic carbocycles. The average Bonchev–Trinajstić information content (AvgIpc) is 3.25. The first-order valence-electron chi connectivity index (χ1n) is 11.5. The Bertz CT molecular complexity index is 550. The summed E-state index contributed by atoms with van der Waals surface area (Å²) in [6, 6.07) is 0. The number of aliphatic hydroxyl groups excluding tert-OH is 1. The molecule has 132 valence electrons. The Morgan fingerprint density at radius 1 is 0.542 bits per heavy atom. The highest BCUT2D eigenvalue weighted by Gasteiger charge is 2.71. The third kappa shape index (κ3) is 1.59. The summed E-state index contributed by atoms with van der Waals surface area (Å²) >= 11 is 0. The van der Waals surface area contributed by atoms with E-state index in [1.54, 1.807) is 32.1 Å². The maximum atomic E-state index is 10.5. The molecule has 0 aromatic rings. The molecule has 1 nitrogen and oxygen atoms in total. The molecule has 0 aromatic heterocycles. The predicted molar refractivity (Wildman–Crippen MR) is 94.1 cm³/mol. The van der Waals surface area contributed by atoms with Gasteiger partial charge < -0.3 is 5.11 Å². The monoisotopic (exact) mass is 326 g/mol. The Morgan fingerprint density at radius 3 is 2.00 bits per heavy atom. The van der Waals surface area contributed by atoms with Crippen LogP contribution in [0, 0.1) is 71.0 Å². The summed E-state index contributed by atoms with van der Waals surface area (Å²) in [5, 5.41) is 10.5.